The number of hydrogen-bond donors (Lipinski definition) is 2. The molecule has 1 fully saturated rings. The molecule has 0 aromatic rings. The smallest absolute Gasteiger partial charge is 0.0926 e. The average molecular weight is 173 g/mol. The monoisotopic (exact) mass is 173 g/mol. The van der Waals surface area contributed by atoms with Crippen LogP contribution in [0.4, 0.5) is 0 Å². The van der Waals surface area contributed by atoms with Crippen LogP contribution in [0, 0.1) is 5.92 Å². The van der Waals surface area contributed by atoms with Gasteiger partial charge in [-0.3, -0.25) is 0 Å². The number of aliphatic hydroxyl groups excluding tert-OH is 2. The van der Waals surface area contributed by atoms with Gasteiger partial charge in [0.2, 0.25) is 0 Å². The third-order valence-electron chi connectivity index (χ3n) is 2.74. The number of hydrogen-bond acceptors (Lipinski definition) is 3. The highest BCUT2D eigenvalue weighted by molar-refractivity contribution is 4.86. The largest absolute Gasteiger partial charge is 0.390 e. The van der Waals surface area contributed by atoms with Gasteiger partial charge in [0.15, 0.2) is 0 Å². The Morgan fingerprint density at radius 3 is 2.33 bits per heavy atom. The van der Waals surface area contributed by atoms with Gasteiger partial charge in [-0.2, -0.15) is 0 Å². The molecule has 72 valence electrons. The second-order valence-corrected chi connectivity index (χ2v) is 4.12. The Morgan fingerprint density at radius 2 is 1.83 bits per heavy atom. The summed E-state index contributed by atoms with van der Waals surface area (Å²) in [4.78, 5) is 2.13. The second-order valence-electron chi connectivity index (χ2n) is 4.12. The van der Waals surface area contributed by atoms with Crippen LogP contribution in [0.15, 0.2) is 0 Å². The summed E-state index contributed by atoms with van der Waals surface area (Å²) in [6.45, 7) is 4.88. The van der Waals surface area contributed by atoms with E-state index in [0.717, 1.165) is 0 Å². The first-order valence-corrected chi connectivity index (χ1v) is 4.58. The molecule has 0 spiro atoms. The molecule has 0 bridgehead atoms. The van der Waals surface area contributed by atoms with Gasteiger partial charge in [-0.25, -0.2) is 0 Å². The summed E-state index contributed by atoms with van der Waals surface area (Å²) in [5.41, 5.74) is 0. The zero-order chi connectivity index (χ0) is 9.30. The van der Waals surface area contributed by atoms with Crippen LogP contribution < -0.4 is 0 Å². The molecule has 0 radical (unpaired) electrons. The highest BCUT2D eigenvalue weighted by atomic mass is 16.3. The summed E-state index contributed by atoms with van der Waals surface area (Å²) >= 11 is 0. The Morgan fingerprint density at radius 1 is 1.25 bits per heavy atom. The Labute approximate surface area is 74.0 Å². The SMILES string of the molecule is CC(C)C1CC(O)C(O)CN1C. The minimum atomic E-state index is -0.565. The fourth-order valence-electron chi connectivity index (χ4n) is 1.92. The summed E-state index contributed by atoms with van der Waals surface area (Å²) in [6.07, 6.45) is -0.409. The molecule has 1 aliphatic heterocycles. The lowest BCUT2D eigenvalue weighted by molar-refractivity contribution is -0.0619. The summed E-state index contributed by atoms with van der Waals surface area (Å²) in [6, 6.07) is 0.406. The van der Waals surface area contributed by atoms with Crippen molar-refractivity contribution in [2.24, 2.45) is 5.92 Å². The quantitative estimate of drug-likeness (QED) is 0.589. The van der Waals surface area contributed by atoms with Crippen molar-refractivity contribution in [2.45, 2.75) is 38.5 Å². The van der Waals surface area contributed by atoms with Crippen LogP contribution in [0.5, 0.6) is 0 Å². The molecule has 1 aliphatic rings. The molecule has 3 unspecified atom stereocenters. The Hall–Kier alpha value is -0.120. The van der Waals surface area contributed by atoms with Crippen LogP contribution in [0.3, 0.4) is 0 Å². The molecule has 0 aromatic carbocycles. The first kappa shape index (κ1) is 9.96. The minimum Gasteiger partial charge on any atom is -0.390 e. The molecule has 3 nitrogen and oxygen atoms in total. The van der Waals surface area contributed by atoms with E-state index in [1.807, 2.05) is 7.05 Å². The standard InChI is InChI=1S/C9H19NO2/c1-6(2)7-4-8(11)9(12)5-10(7)3/h6-9,11-12H,4-5H2,1-3H3. The van der Waals surface area contributed by atoms with Crippen LogP contribution in [0.1, 0.15) is 20.3 Å². The third kappa shape index (κ3) is 1.97. The number of nitrogens with zero attached hydrogens (tertiary/aromatic N) is 1. The van der Waals surface area contributed by atoms with Crippen molar-refractivity contribution in [3.63, 3.8) is 0 Å². The van der Waals surface area contributed by atoms with Gasteiger partial charge in [0.05, 0.1) is 12.2 Å². The van der Waals surface area contributed by atoms with Crippen molar-refractivity contribution >= 4 is 0 Å². The lowest BCUT2D eigenvalue weighted by atomic mass is 9.90. The van der Waals surface area contributed by atoms with Gasteiger partial charge in [0.25, 0.3) is 0 Å². The van der Waals surface area contributed by atoms with E-state index in [2.05, 4.69) is 18.7 Å². The van der Waals surface area contributed by atoms with E-state index >= 15 is 0 Å². The number of piperidine rings is 1. The molecule has 12 heavy (non-hydrogen) atoms. The van der Waals surface area contributed by atoms with Crippen LogP contribution in [-0.4, -0.2) is 47.0 Å². The molecule has 0 saturated carbocycles. The zero-order valence-corrected chi connectivity index (χ0v) is 8.07. The maximum Gasteiger partial charge on any atom is 0.0926 e. The topological polar surface area (TPSA) is 43.7 Å². The van der Waals surface area contributed by atoms with Gasteiger partial charge < -0.3 is 15.1 Å². The Bertz CT molecular complexity index is 149. The fourth-order valence-corrected chi connectivity index (χ4v) is 1.92. The third-order valence-corrected chi connectivity index (χ3v) is 2.74. The molecule has 0 aliphatic carbocycles. The summed E-state index contributed by atoms with van der Waals surface area (Å²) < 4.78 is 0. The van der Waals surface area contributed by atoms with Crippen molar-refractivity contribution in [2.75, 3.05) is 13.6 Å². The zero-order valence-electron chi connectivity index (χ0n) is 8.07. The first-order valence-electron chi connectivity index (χ1n) is 4.58. The number of rotatable bonds is 1. The molecule has 1 saturated heterocycles. The van der Waals surface area contributed by atoms with Gasteiger partial charge in [0, 0.05) is 12.6 Å². The summed E-state index contributed by atoms with van der Waals surface area (Å²) in [5, 5.41) is 18.8. The van der Waals surface area contributed by atoms with E-state index in [9.17, 15) is 10.2 Å². The second kappa shape index (κ2) is 3.73. The molecule has 0 amide bonds. The molecule has 1 heterocycles. The average Bonchev–Trinajstić information content (AvgIpc) is 1.96. The number of β-amino-alcohol motifs (C(OH)–C–C–N with tert-alkyl or cyclic N) is 1. The predicted molar refractivity (Wildman–Crippen MR) is 47.9 cm³/mol. The van der Waals surface area contributed by atoms with E-state index < -0.39 is 12.2 Å². The van der Waals surface area contributed by atoms with E-state index in [4.69, 9.17) is 0 Å². The van der Waals surface area contributed by atoms with E-state index in [1.54, 1.807) is 0 Å². The van der Waals surface area contributed by atoms with Crippen LogP contribution >= 0.6 is 0 Å². The molecular weight excluding hydrogens is 154 g/mol. The number of likely N-dealkylation sites (N-methyl/N-ethyl adjacent to an activating group) is 1. The van der Waals surface area contributed by atoms with Crippen molar-refractivity contribution < 1.29 is 10.2 Å². The van der Waals surface area contributed by atoms with E-state index in [0.29, 0.717) is 24.9 Å². The van der Waals surface area contributed by atoms with Crippen LogP contribution in [0.25, 0.3) is 0 Å². The summed E-state index contributed by atoms with van der Waals surface area (Å²) in [5.74, 6) is 0.539. The van der Waals surface area contributed by atoms with E-state index in [-0.39, 0.29) is 0 Å². The van der Waals surface area contributed by atoms with Gasteiger partial charge in [0.1, 0.15) is 0 Å². The van der Waals surface area contributed by atoms with Crippen molar-refractivity contribution in [3.8, 4) is 0 Å². The fraction of sp³-hybridized carbons (Fsp3) is 1.00. The van der Waals surface area contributed by atoms with Gasteiger partial charge >= 0.3 is 0 Å². The highest BCUT2D eigenvalue weighted by Crippen LogP contribution is 2.21. The maximum atomic E-state index is 9.44. The van der Waals surface area contributed by atoms with Crippen molar-refractivity contribution in [1.29, 1.82) is 0 Å². The molecule has 3 atom stereocenters. The first-order chi connectivity index (χ1) is 5.52. The number of likely N-dealkylation sites (tertiary alicyclic amines) is 1. The highest BCUT2D eigenvalue weighted by Gasteiger charge is 2.32. The van der Waals surface area contributed by atoms with Gasteiger partial charge in [-0.15, -0.1) is 0 Å². The lowest BCUT2D eigenvalue weighted by Crippen LogP contribution is -2.52. The molecule has 3 heteroatoms. The maximum absolute atomic E-state index is 9.44. The molecule has 1 rings (SSSR count). The van der Waals surface area contributed by atoms with Crippen LogP contribution in [0.2, 0.25) is 0 Å². The summed E-state index contributed by atoms with van der Waals surface area (Å²) in [7, 11) is 2.00. The lowest BCUT2D eigenvalue weighted by Gasteiger charge is -2.40. The molecule has 2 N–H and O–H groups in total. The number of aliphatic hydroxyl groups is 2. The van der Waals surface area contributed by atoms with Gasteiger partial charge in [-0.1, -0.05) is 13.8 Å². The van der Waals surface area contributed by atoms with Crippen molar-refractivity contribution in [3.05, 3.63) is 0 Å². The minimum absolute atomic E-state index is 0.406. The van der Waals surface area contributed by atoms with E-state index in [1.165, 1.54) is 0 Å². The van der Waals surface area contributed by atoms with Crippen molar-refractivity contribution in [1.82, 2.24) is 4.90 Å². The predicted octanol–water partition coefficient (Wildman–Crippen LogP) is 0.0683. The Kier molecular flexibility index (Phi) is 3.09. The molecular formula is C9H19NO2. The van der Waals surface area contributed by atoms with Crippen LogP contribution in [-0.2, 0) is 0 Å². The Balaban J connectivity index is 2.55. The molecule has 0 aromatic heterocycles. The van der Waals surface area contributed by atoms with Gasteiger partial charge in [-0.05, 0) is 19.4 Å². The normalized spacial score (nSPS) is 39.0.